The molecule has 12 nitrogen and oxygen atoms in total. The van der Waals surface area contributed by atoms with E-state index in [0.717, 1.165) is 6.54 Å². The van der Waals surface area contributed by atoms with Crippen molar-refractivity contribution >= 4 is 49.1 Å². The van der Waals surface area contributed by atoms with E-state index in [0.29, 0.717) is 71.7 Å². The van der Waals surface area contributed by atoms with Crippen LogP contribution in [-0.2, 0) is 14.8 Å². The molecule has 0 bridgehead atoms. The fraction of sp³-hybridized carbons (Fsp3) is 0.458. The number of nitriles is 1. The lowest BCUT2D eigenvalue weighted by atomic mass is 10.2. The van der Waals surface area contributed by atoms with E-state index < -0.39 is 27.0 Å². The molecule has 1 aliphatic carbocycles. The van der Waals surface area contributed by atoms with Crippen molar-refractivity contribution in [2.45, 2.75) is 35.7 Å². The molecule has 1 N–H and O–H groups in total. The van der Waals surface area contributed by atoms with Crippen LogP contribution in [0, 0.1) is 11.3 Å². The number of alkyl halides is 2. The van der Waals surface area contributed by atoms with Crippen molar-refractivity contribution in [1.82, 2.24) is 34.4 Å². The number of halogens is 2. The summed E-state index contributed by atoms with van der Waals surface area (Å²) in [5, 5.41) is 17.9. The summed E-state index contributed by atoms with van der Waals surface area (Å²) in [7, 11) is -0.130. The number of nitrogens with one attached hydrogen (secondary N) is 1. The van der Waals surface area contributed by atoms with Crippen molar-refractivity contribution in [3.8, 4) is 11.2 Å². The molecule has 16 heteroatoms. The van der Waals surface area contributed by atoms with Gasteiger partial charge in [0.2, 0.25) is 15.2 Å². The normalized spacial score (nSPS) is 19.4. The summed E-state index contributed by atoms with van der Waals surface area (Å²) in [6.45, 7) is 2.63. The van der Waals surface area contributed by atoms with Crippen LogP contribution in [0.25, 0.3) is 27.1 Å². The highest BCUT2D eigenvalue weighted by Crippen LogP contribution is 2.39. The molecule has 2 fully saturated rings. The van der Waals surface area contributed by atoms with Crippen LogP contribution in [0.4, 0.5) is 14.6 Å². The molecular weight excluding hydrogens is 564 g/mol. The van der Waals surface area contributed by atoms with E-state index >= 15 is 0 Å². The number of morpholine rings is 1. The van der Waals surface area contributed by atoms with Gasteiger partial charge in [0.05, 0.1) is 41.1 Å². The molecule has 1 aliphatic heterocycles. The number of anilines is 1. The van der Waals surface area contributed by atoms with Gasteiger partial charge in [-0.15, -0.1) is 10.2 Å². The topological polar surface area (TPSA) is 142 Å². The largest absolute Gasteiger partial charge is 0.378 e. The Morgan fingerprint density at radius 1 is 1.32 bits per heavy atom. The highest BCUT2D eigenvalue weighted by molar-refractivity contribution is 7.89. The van der Waals surface area contributed by atoms with Gasteiger partial charge in [-0.2, -0.15) is 9.98 Å². The predicted molar refractivity (Wildman–Crippen MR) is 143 cm³/mol. The quantitative estimate of drug-likeness (QED) is 0.326. The Labute approximate surface area is 232 Å². The second kappa shape index (κ2) is 9.93. The van der Waals surface area contributed by atoms with Crippen molar-refractivity contribution in [2.24, 2.45) is 0 Å². The maximum atomic E-state index is 13.4. The SMILES string of the molecule is CN(C[C@H]1COCCN1C)c1ncnc2c1c1ccc(S(=O)(=O)NC3(C#N)CC3)cc1n2-c1nnc(C(F)F)s1. The minimum absolute atomic E-state index is 0.0759. The van der Waals surface area contributed by atoms with Crippen LogP contribution in [0.2, 0.25) is 0 Å². The number of rotatable bonds is 8. The average molecular weight is 590 g/mol. The zero-order valence-electron chi connectivity index (χ0n) is 21.6. The van der Waals surface area contributed by atoms with Gasteiger partial charge < -0.3 is 9.64 Å². The molecule has 210 valence electrons. The average Bonchev–Trinajstić information content (AvgIpc) is 3.37. The lowest BCUT2D eigenvalue weighted by Crippen LogP contribution is -2.48. The smallest absolute Gasteiger partial charge is 0.291 e. The van der Waals surface area contributed by atoms with Gasteiger partial charge >= 0.3 is 0 Å². The van der Waals surface area contributed by atoms with E-state index in [1.165, 1.54) is 23.0 Å². The summed E-state index contributed by atoms with van der Waals surface area (Å²) in [5.41, 5.74) is -0.358. The molecular formula is C24H25F2N9O3S2. The molecule has 0 radical (unpaired) electrons. The number of benzene rings is 1. The molecule has 0 spiro atoms. The second-order valence-corrected chi connectivity index (χ2v) is 12.7. The summed E-state index contributed by atoms with van der Waals surface area (Å²) in [5.74, 6) is 0.585. The molecule has 1 atom stereocenters. The van der Waals surface area contributed by atoms with E-state index in [-0.39, 0.29) is 16.1 Å². The monoisotopic (exact) mass is 589 g/mol. The molecule has 40 heavy (non-hydrogen) atoms. The van der Waals surface area contributed by atoms with Gasteiger partial charge in [0, 0.05) is 25.5 Å². The van der Waals surface area contributed by atoms with Crippen molar-refractivity contribution < 1.29 is 21.9 Å². The van der Waals surface area contributed by atoms with Crippen molar-refractivity contribution in [2.75, 3.05) is 45.3 Å². The fourth-order valence-corrected chi connectivity index (χ4v) is 6.98. The van der Waals surface area contributed by atoms with Crippen LogP contribution in [0.5, 0.6) is 0 Å². The molecule has 4 aromatic rings. The van der Waals surface area contributed by atoms with Gasteiger partial charge in [0.1, 0.15) is 17.7 Å². The standard InChI is InChI=1S/C24H25F2N9O3S2/c1-33-7-8-38-11-14(33)10-34(2)20-18-16-4-3-15(40(36,37)32-24(12-27)5-6-24)9-17(16)35(21(18)29-13-28-20)23-31-30-22(39-23)19(25)26/h3-4,9,13-14,19,32H,5-8,10-11H2,1-2H3/t14-/m0/s1. The lowest BCUT2D eigenvalue weighted by molar-refractivity contribution is 0.00910. The maximum Gasteiger partial charge on any atom is 0.291 e. The zero-order chi connectivity index (χ0) is 28.2. The summed E-state index contributed by atoms with van der Waals surface area (Å²) >= 11 is 0.694. The van der Waals surface area contributed by atoms with Gasteiger partial charge in [-0.25, -0.2) is 27.2 Å². The summed E-state index contributed by atoms with van der Waals surface area (Å²) in [6.07, 6.45) is -0.577. The van der Waals surface area contributed by atoms with Crippen molar-refractivity contribution in [1.29, 1.82) is 5.26 Å². The Kier molecular flexibility index (Phi) is 6.66. The van der Waals surface area contributed by atoms with Crippen LogP contribution in [-0.4, -0.2) is 90.0 Å². The van der Waals surface area contributed by atoms with E-state index in [1.807, 2.05) is 25.1 Å². The molecule has 1 saturated heterocycles. The van der Waals surface area contributed by atoms with Gasteiger partial charge in [-0.05, 0) is 32.0 Å². The van der Waals surface area contributed by atoms with Crippen LogP contribution in [0.1, 0.15) is 24.3 Å². The maximum absolute atomic E-state index is 13.4. The Morgan fingerprint density at radius 2 is 2.12 bits per heavy atom. The molecule has 3 aromatic heterocycles. The molecule has 0 unspecified atom stereocenters. The van der Waals surface area contributed by atoms with Crippen LogP contribution >= 0.6 is 11.3 Å². The van der Waals surface area contributed by atoms with E-state index in [2.05, 4.69) is 29.8 Å². The molecule has 1 aromatic carbocycles. The van der Waals surface area contributed by atoms with Crippen molar-refractivity contribution in [3.05, 3.63) is 29.5 Å². The number of likely N-dealkylation sites (N-methyl/N-ethyl adjacent to an activating group) is 2. The highest BCUT2D eigenvalue weighted by atomic mass is 32.2. The Bertz CT molecular complexity index is 1750. The molecule has 1 saturated carbocycles. The Balaban J connectivity index is 1.52. The minimum Gasteiger partial charge on any atom is -0.378 e. The van der Waals surface area contributed by atoms with Gasteiger partial charge in [-0.1, -0.05) is 17.4 Å². The number of sulfonamides is 1. The second-order valence-electron chi connectivity index (χ2n) is 10.0. The zero-order valence-corrected chi connectivity index (χ0v) is 23.2. The minimum atomic E-state index is -4.06. The fourth-order valence-electron chi connectivity index (χ4n) is 4.87. The van der Waals surface area contributed by atoms with Gasteiger partial charge in [0.25, 0.3) is 6.43 Å². The third-order valence-corrected chi connectivity index (χ3v) is 9.73. The van der Waals surface area contributed by atoms with Gasteiger partial charge in [-0.3, -0.25) is 9.47 Å². The number of ether oxygens (including phenoxy) is 1. The first-order chi connectivity index (χ1) is 19.1. The highest BCUT2D eigenvalue weighted by Gasteiger charge is 2.47. The van der Waals surface area contributed by atoms with Crippen LogP contribution < -0.4 is 9.62 Å². The predicted octanol–water partition coefficient (Wildman–Crippen LogP) is 2.46. The Hall–Kier alpha value is -3.36. The number of fused-ring (bicyclic) bond motifs is 3. The van der Waals surface area contributed by atoms with E-state index in [9.17, 15) is 22.5 Å². The number of hydrogen-bond donors (Lipinski definition) is 1. The summed E-state index contributed by atoms with van der Waals surface area (Å²) < 4.78 is 63.0. The Morgan fingerprint density at radius 3 is 2.80 bits per heavy atom. The van der Waals surface area contributed by atoms with Gasteiger partial charge in [0.15, 0.2) is 10.7 Å². The third kappa shape index (κ3) is 4.67. The lowest BCUT2D eigenvalue weighted by Gasteiger charge is -2.35. The molecule has 2 aliphatic rings. The van der Waals surface area contributed by atoms with E-state index in [4.69, 9.17) is 4.74 Å². The van der Waals surface area contributed by atoms with Crippen molar-refractivity contribution in [3.63, 3.8) is 0 Å². The third-order valence-electron chi connectivity index (χ3n) is 7.28. The van der Waals surface area contributed by atoms with Crippen LogP contribution in [0.3, 0.4) is 0 Å². The number of nitrogens with zero attached hydrogens (tertiary/aromatic N) is 8. The molecule has 6 rings (SSSR count). The first-order valence-electron chi connectivity index (χ1n) is 12.5. The summed E-state index contributed by atoms with van der Waals surface area (Å²) in [6, 6.07) is 6.66. The van der Waals surface area contributed by atoms with Crippen LogP contribution in [0.15, 0.2) is 29.4 Å². The first kappa shape index (κ1) is 26.8. The molecule has 4 heterocycles. The number of hydrogen-bond acceptors (Lipinski definition) is 11. The summed E-state index contributed by atoms with van der Waals surface area (Å²) in [4.78, 5) is 13.1. The number of aromatic nitrogens is 5. The van der Waals surface area contributed by atoms with E-state index in [1.54, 1.807) is 6.07 Å². The molecule has 0 amide bonds. The first-order valence-corrected chi connectivity index (χ1v) is 14.8.